The summed E-state index contributed by atoms with van der Waals surface area (Å²) in [5.74, 6) is 0.208. The summed E-state index contributed by atoms with van der Waals surface area (Å²) in [6.07, 6.45) is 1.91. The molecule has 0 radical (unpaired) electrons. The minimum absolute atomic E-state index is 0.0204. The van der Waals surface area contributed by atoms with E-state index in [1.54, 1.807) is 18.2 Å². The van der Waals surface area contributed by atoms with Gasteiger partial charge >= 0.3 is 0 Å². The van der Waals surface area contributed by atoms with E-state index in [-0.39, 0.29) is 24.0 Å². The Labute approximate surface area is 137 Å². The van der Waals surface area contributed by atoms with E-state index in [9.17, 15) is 9.59 Å². The lowest BCUT2D eigenvalue weighted by atomic mass is 9.91. The molecule has 0 aromatic heterocycles. The monoisotopic (exact) mass is 319 g/mol. The van der Waals surface area contributed by atoms with Crippen LogP contribution in [0, 0.1) is 0 Å². The number of hydrogen-bond donors (Lipinski definition) is 2. The van der Waals surface area contributed by atoms with Gasteiger partial charge < -0.3 is 20.3 Å². The Hall–Kier alpha value is -2.08. The number of hydrogen-bond acceptors (Lipinski definition) is 4. The summed E-state index contributed by atoms with van der Waals surface area (Å²) >= 11 is 0. The largest absolute Gasteiger partial charge is 0.482 e. The number of rotatable bonds is 6. The van der Waals surface area contributed by atoms with Gasteiger partial charge in [-0.05, 0) is 45.1 Å². The number of ether oxygens (including phenoxy) is 1. The summed E-state index contributed by atoms with van der Waals surface area (Å²) in [7, 11) is 4.07. The summed E-state index contributed by atoms with van der Waals surface area (Å²) in [6.45, 7) is 4.82. The molecule has 2 rings (SSSR count). The van der Waals surface area contributed by atoms with Crippen LogP contribution in [0.3, 0.4) is 0 Å². The van der Waals surface area contributed by atoms with Gasteiger partial charge in [-0.3, -0.25) is 9.59 Å². The fourth-order valence-corrected chi connectivity index (χ4v) is 2.85. The number of likely N-dealkylation sites (N-methyl/N-ethyl adjacent to an activating group) is 1. The number of fused-ring (bicyclic) bond motifs is 1. The number of carbonyl (C=O) groups excluding carboxylic acids is 2. The average Bonchev–Trinajstić information content (AvgIpc) is 2.55. The summed E-state index contributed by atoms with van der Waals surface area (Å²) in [5, 5.41) is 5.73. The van der Waals surface area contributed by atoms with Crippen LogP contribution in [0.25, 0.3) is 0 Å². The molecule has 1 aromatic carbocycles. The zero-order valence-corrected chi connectivity index (χ0v) is 14.2. The first-order valence-electron chi connectivity index (χ1n) is 7.94. The summed E-state index contributed by atoms with van der Waals surface area (Å²) in [6, 6.07) is 5.05. The number of anilines is 1. The van der Waals surface area contributed by atoms with Gasteiger partial charge in [0.05, 0.1) is 5.69 Å². The number of benzene rings is 1. The van der Waals surface area contributed by atoms with Crippen LogP contribution in [-0.2, 0) is 4.79 Å². The maximum Gasteiger partial charge on any atom is 0.262 e. The van der Waals surface area contributed by atoms with Gasteiger partial charge in [-0.15, -0.1) is 0 Å². The number of nitrogens with one attached hydrogen (secondary N) is 2. The second kappa shape index (κ2) is 7.00. The van der Waals surface area contributed by atoms with Crippen molar-refractivity contribution in [1.82, 2.24) is 10.2 Å². The van der Waals surface area contributed by atoms with Crippen molar-refractivity contribution >= 4 is 17.5 Å². The molecule has 1 aromatic rings. The van der Waals surface area contributed by atoms with E-state index in [2.05, 4.69) is 29.4 Å². The Morgan fingerprint density at radius 3 is 2.65 bits per heavy atom. The molecule has 0 spiro atoms. The maximum atomic E-state index is 12.4. The molecule has 6 heteroatoms. The van der Waals surface area contributed by atoms with Crippen LogP contribution in [0.15, 0.2) is 18.2 Å². The summed E-state index contributed by atoms with van der Waals surface area (Å²) < 4.78 is 5.35. The Morgan fingerprint density at radius 2 is 2.04 bits per heavy atom. The number of amides is 2. The topological polar surface area (TPSA) is 70.7 Å². The molecule has 0 atom stereocenters. The fraction of sp³-hybridized carbons (Fsp3) is 0.529. The standard InChI is InChI=1S/C17H25N3O3/c1-5-17(6-2,20(3)4)11-18-16(22)12-7-8-13-14(9-12)23-10-15(21)19-13/h7-9H,5-6,10-11H2,1-4H3,(H,18,22)(H,19,21). The third-order valence-electron chi connectivity index (χ3n) is 4.72. The van der Waals surface area contributed by atoms with E-state index in [1.807, 2.05) is 14.1 Å². The van der Waals surface area contributed by atoms with Crippen molar-refractivity contribution in [2.45, 2.75) is 32.2 Å². The van der Waals surface area contributed by atoms with Gasteiger partial charge in [-0.2, -0.15) is 0 Å². The van der Waals surface area contributed by atoms with Crippen molar-refractivity contribution in [3.05, 3.63) is 23.8 Å². The molecule has 1 aliphatic heterocycles. The van der Waals surface area contributed by atoms with E-state index >= 15 is 0 Å². The summed E-state index contributed by atoms with van der Waals surface area (Å²) in [5.41, 5.74) is 1.08. The predicted molar refractivity (Wildman–Crippen MR) is 89.9 cm³/mol. The maximum absolute atomic E-state index is 12.4. The SMILES string of the molecule is CCC(CC)(CNC(=O)c1ccc2c(c1)OCC(=O)N2)N(C)C. The van der Waals surface area contributed by atoms with Crippen molar-refractivity contribution in [3.63, 3.8) is 0 Å². The lowest BCUT2D eigenvalue weighted by Gasteiger charge is -2.38. The second-order valence-electron chi connectivity index (χ2n) is 6.06. The van der Waals surface area contributed by atoms with Crippen LogP contribution < -0.4 is 15.4 Å². The smallest absolute Gasteiger partial charge is 0.262 e. The van der Waals surface area contributed by atoms with E-state index in [4.69, 9.17) is 4.74 Å². The van der Waals surface area contributed by atoms with E-state index in [1.165, 1.54) is 0 Å². The summed E-state index contributed by atoms with van der Waals surface area (Å²) in [4.78, 5) is 25.9. The molecule has 2 amide bonds. The zero-order valence-electron chi connectivity index (χ0n) is 14.2. The molecule has 0 saturated heterocycles. The van der Waals surface area contributed by atoms with Crippen molar-refractivity contribution in [1.29, 1.82) is 0 Å². The highest BCUT2D eigenvalue weighted by atomic mass is 16.5. The quantitative estimate of drug-likeness (QED) is 0.840. The Bertz CT molecular complexity index is 595. The van der Waals surface area contributed by atoms with Gasteiger partial charge in [-0.1, -0.05) is 13.8 Å². The van der Waals surface area contributed by atoms with Gasteiger partial charge in [0.25, 0.3) is 11.8 Å². The molecule has 0 fully saturated rings. The minimum Gasteiger partial charge on any atom is -0.482 e. The van der Waals surface area contributed by atoms with Crippen molar-refractivity contribution in [3.8, 4) is 5.75 Å². The highest BCUT2D eigenvalue weighted by molar-refractivity contribution is 5.99. The molecular formula is C17H25N3O3. The van der Waals surface area contributed by atoms with Crippen LogP contribution in [-0.4, -0.2) is 49.5 Å². The van der Waals surface area contributed by atoms with Crippen molar-refractivity contribution in [2.75, 3.05) is 32.6 Å². The van der Waals surface area contributed by atoms with Gasteiger partial charge in [0, 0.05) is 17.6 Å². The van der Waals surface area contributed by atoms with Crippen LogP contribution in [0.5, 0.6) is 5.75 Å². The normalized spacial score (nSPS) is 14.0. The molecule has 1 aliphatic rings. The predicted octanol–water partition coefficient (Wildman–Crippen LogP) is 1.87. The first-order valence-corrected chi connectivity index (χ1v) is 7.94. The van der Waals surface area contributed by atoms with Gasteiger partial charge in [0.1, 0.15) is 5.75 Å². The molecule has 0 saturated carbocycles. The third kappa shape index (κ3) is 3.64. The van der Waals surface area contributed by atoms with Crippen LogP contribution in [0.2, 0.25) is 0 Å². The molecule has 0 unspecified atom stereocenters. The van der Waals surface area contributed by atoms with Crippen LogP contribution in [0.1, 0.15) is 37.0 Å². The van der Waals surface area contributed by atoms with Crippen molar-refractivity contribution in [2.24, 2.45) is 0 Å². The van der Waals surface area contributed by atoms with Gasteiger partial charge in [-0.25, -0.2) is 0 Å². The second-order valence-corrected chi connectivity index (χ2v) is 6.06. The first-order chi connectivity index (χ1) is 10.9. The minimum atomic E-state index is -0.184. The van der Waals surface area contributed by atoms with Gasteiger partial charge in [0.2, 0.25) is 0 Å². The van der Waals surface area contributed by atoms with Crippen LogP contribution in [0.4, 0.5) is 5.69 Å². The third-order valence-corrected chi connectivity index (χ3v) is 4.72. The molecule has 2 N–H and O–H groups in total. The molecule has 0 aliphatic carbocycles. The Morgan fingerprint density at radius 1 is 1.35 bits per heavy atom. The lowest BCUT2D eigenvalue weighted by Crippen LogP contribution is -2.52. The highest BCUT2D eigenvalue weighted by Crippen LogP contribution is 2.28. The molecular weight excluding hydrogens is 294 g/mol. The van der Waals surface area contributed by atoms with E-state index in [0.29, 0.717) is 23.5 Å². The molecule has 23 heavy (non-hydrogen) atoms. The average molecular weight is 319 g/mol. The zero-order chi connectivity index (χ0) is 17.0. The number of carbonyl (C=O) groups is 2. The lowest BCUT2D eigenvalue weighted by molar-refractivity contribution is -0.118. The molecule has 6 nitrogen and oxygen atoms in total. The molecule has 1 heterocycles. The van der Waals surface area contributed by atoms with Crippen LogP contribution >= 0.6 is 0 Å². The Kier molecular flexibility index (Phi) is 5.26. The van der Waals surface area contributed by atoms with E-state index in [0.717, 1.165) is 12.8 Å². The molecule has 0 bridgehead atoms. The fourth-order valence-electron chi connectivity index (χ4n) is 2.85. The van der Waals surface area contributed by atoms with E-state index < -0.39 is 0 Å². The first kappa shape index (κ1) is 17.3. The highest BCUT2D eigenvalue weighted by Gasteiger charge is 2.29. The Balaban J connectivity index is 2.08. The van der Waals surface area contributed by atoms with Gasteiger partial charge in [0.15, 0.2) is 6.61 Å². The number of nitrogens with zero attached hydrogens (tertiary/aromatic N) is 1. The molecule has 126 valence electrons. The van der Waals surface area contributed by atoms with Crippen molar-refractivity contribution < 1.29 is 14.3 Å².